The summed E-state index contributed by atoms with van der Waals surface area (Å²) in [6, 6.07) is 15.6. The number of nitrogens with zero attached hydrogens (tertiary/aromatic N) is 2. The van der Waals surface area contributed by atoms with Crippen LogP contribution in [0.3, 0.4) is 0 Å². The molecule has 5 heteroatoms. The van der Waals surface area contributed by atoms with Gasteiger partial charge in [-0.2, -0.15) is 5.10 Å². The second-order valence-electron chi connectivity index (χ2n) is 5.26. The van der Waals surface area contributed by atoms with E-state index in [4.69, 9.17) is 0 Å². The highest BCUT2D eigenvalue weighted by atomic mass is 19.1. The molecule has 116 valence electrons. The van der Waals surface area contributed by atoms with Gasteiger partial charge in [0, 0.05) is 6.20 Å². The van der Waals surface area contributed by atoms with E-state index in [0.29, 0.717) is 11.3 Å². The van der Waals surface area contributed by atoms with Gasteiger partial charge in [-0.1, -0.05) is 30.3 Å². The zero-order valence-corrected chi connectivity index (χ0v) is 12.6. The topological polar surface area (TPSA) is 46.9 Å². The molecular formula is C18H16FN3O. The Labute approximate surface area is 133 Å². The largest absolute Gasteiger partial charge is 0.345 e. The molecule has 0 spiro atoms. The van der Waals surface area contributed by atoms with Crippen molar-refractivity contribution >= 4 is 5.91 Å². The highest BCUT2D eigenvalue weighted by Crippen LogP contribution is 2.13. The van der Waals surface area contributed by atoms with Gasteiger partial charge in [-0.3, -0.25) is 4.79 Å². The van der Waals surface area contributed by atoms with E-state index >= 15 is 0 Å². The second-order valence-corrected chi connectivity index (χ2v) is 5.26. The number of benzene rings is 2. The molecule has 0 aliphatic rings. The summed E-state index contributed by atoms with van der Waals surface area (Å²) in [7, 11) is 0. The SMILES string of the molecule is CC(NC(=O)c1cnn(-c2ccc(F)cc2)c1)c1ccccc1. The number of hydrogen-bond acceptors (Lipinski definition) is 2. The first-order valence-electron chi connectivity index (χ1n) is 7.30. The molecule has 0 bridgehead atoms. The number of aromatic nitrogens is 2. The van der Waals surface area contributed by atoms with Crippen molar-refractivity contribution in [1.82, 2.24) is 15.1 Å². The molecule has 1 atom stereocenters. The summed E-state index contributed by atoms with van der Waals surface area (Å²) < 4.78 is 14.5. The van der Waals surface area contributed by atoms with Crippen molar-refractivity contribution < 1.29 is 9.18 Å². The molecule has 3 rings (SSSR count). The van der Waals surface area contributed by atoms with Gasteiger partial charge in [0.2, 0.25) is 0 Å². The van der Waals surface area contributed by atoms with E-state index < -0.39 is 0 Å². The van der Waals surface area contributed by atoms with Crippen LogP contribution in [0, 0.1) is 5.82 Å². The third kappa shape index (κ3) is 3.45. The second kappa shape index (κ2) is 6.44. The lowest BCUT2D eigenvalue weighted by Gasteiger charge is -2.13. The maximum atomic E-state index is 12.9. The summed E-state index contributed by atoms with van der Waals surface area (Å²) in [5, 5.41) is 7.08. The Morgan fingerprint density at radius 3 is 2.52 bits per heavy atom. The van der Waals surface area contributed by atoms with E-state index in [-0.39, 0.29) is 17.8 Å². The zero-order chi connectivity index (χ0) is 16.2. The fourth-order valence-electron chi connectivity index (χ4n) is 2.28. The Morgan fingerprint density at radius 1 is 1.13 bits per heavy atom. The van der Waals surface area contributed by atoms with Crippen LogP contribution in [0.15, 0.2) is 67.0 Å². The van der Waals surface area contributed by atoms with E-state index in [9.17, 15) is 9.18 Å². The summed E-state index contributed by atoms with van der Waals surface area (Å²) in [5.74, 6) is -0.509. The Balaban J connectivity index is 1.72. The number of rotatable bonds is 4. The predicted octanol–water partition coefficient (Wildman–Crippen LogP) is 3.50. The quantitative estimate of drug-likeness (QED) is 0.802. The smallest absolute Gasteiger partial charge is 0.254 e. The van der Waals surface area contributed by atoms with Gasteiger partial charge in [-0.15, -0.1) is 0 Å². The normalized spacial score (nSPS) is 11.9. The van der Waals surface area contributed by atoms with Crippen LogP contribution in [0.2, 0.25) is 0 Å². The minimum atomic E-state index is -0.310. The molecule has 0 aliphatic heterocycles. The van der Waals surface area contributed by atoms with Gasteiger partial charge in [0.1, 0.15) is 5.82 Å². The molecule has 0 fully saturated rings. The van der Waals surface area contributed by atoms with Crippen LogP contribution >= 0.6 is 0 Å². The molecule has 1 unspecified atom stereocenters. The number of nitrogens with one attached hydrogen (secondary N) is 1. The number of carbonyl (C=O) groups is 1. The fraction of sp³-hybridized carbons (Fsp3) is 0.111. The molecule has 3 aromatic rings. The molecular weight excluding hydrogens is 293 g/mol. The van der Waals surface area contributed by atoms with E-state index in [1.165, 1.54) is 18.3 Å². The molecule has 0 saturated heterocycles. The van der Waals surface area contributed by atoms with Crippen LogP contribution in [0.4, 0.5) is 4.39 Å². The lowest BCUT2D eigenvalue weighted by molar-refractivity contribution is 0.0940. The van der Waals surface area contributed by atoms with Gasteiger partial charge >= 0.3 is 0 Å². The zero-order valence-electron chi connectivity index (χ0n) is 12.6. The molecule has 2 aromatic carbocycles. The first-order valence-corrected chi connectivity index (χ1v) is 7.30. The fourth-order valence-corrected chi connectivity index (χ4v) is 2.28. The molecule has 1 amide bonds. The van der Waals surface area contributed by atoms with Crippen molar-refractivity contribution in [3.63, 3.8) is 0 Å². The van der Waals surface area contributed by atoms with Crippen molar-refractivity contribution in [2.75, 3.05) is 0 Å². The summed E-state index contributed by atoms with van der Waals surface area (Å²) in [4.78, 5) is 12.3. The van der Waals surface area contributed by atoms with Crippen molar-refractivity contribution in [3.05, 3.63) is 83.9 Å². The van der Waals surface area contributed by atoms with Crippen LogP contribution in [0.5, 0.6) is 0 Å². The minimum Gasteiger partial charge on any atom is -0.345 e. The van der Waals surface area contributed by atoms with Gasteiger partial charge in [-0.25, -0.2) is 9.07 Å². The number of hydrogen-bond donors (Lipinski definition) is 1. The van der Waals surface area contributed by atoms with Crippen LogP contribution in [-0.2, 0) is 0 Å². The third-order valence-electron chi connectivity index (χ3n) is 3.58. The summed E-state index contributed by atoms with van der Waals surface area (Å²) >= 11 is 0. The highest BCUT2D eigenvalue weighted by Gasteiger charge is 2.13. The third-order valence-corrected chi connectivity index (χ3v) is 3.58. The average molecular weight is 309 g/mol. The van der Waals surface area contributed by atoms with E-state index in [1.54, 1.807) is 23.0 Å². The Morgan fingerprint density at radius 2 is 1.83 bits per heavy atom. The maximum Gasteiger partial charge on any atom is 0.254 e. The van der Waals surface area contributed by atoms with Gasteiger partial charge in [0.05, 0.1) is 23.5 Å². The average Bonchev–Trinajstić information content (AvgIpc) is 3.06. The lowest BCUT2D eigenvalue weighted by atomic mass is 10.1. The molecule has 1 N–H and O–H groups in total. The van der Waals surface area contributed by atoms with E-state index in [0.717, 1.165) is 5.56 Å². The molecule has 0 radical (unpaired) electrons. The number of amides is 1. The monoisotopic (exact) mass is 309 g/mol. The van der Waals surface area contributed by atoms with Gasteiger partial charge < -0.3 is 5.32 Å². The minimum absolute atomic E-state index is 0.0992. The van der Waals surface area contributed by atoms with Crippen molar-refractivity contribution in [3.8, 4) is 5.69 Å². The number of carbonyl (C=O) groups excluding carboxylic acids is 1. The molecule has 0 aliphatic carbocycles. The lowest BCUT2D eigenvalue weighted by Crippen LogP contribution is -2.26. The summed E-state index contributed by atoms with van der Waals surface area (Å²) in [6.07, 6.45) is 3.12. The van der Waals surface area contributed by atoms with Gasteiger partial charge in [-0.05, 0) is 36.8 Å². The molecule has 4 nitrogen and oxygen atoms in total. The van der Waals surface area contributed by atoms with E-state index in [2.05, 4.69) is 10.4 Å². The van der Waals surface area contributed by atoms with Crippen molar-refractivity contribution in [1.29, 1.82) is 0 Å². The first kappa shape index (κ1) is 15.0. The first-order chi connectivity index (χ1) is 11.1. The number of halogens is 1. The Kier molecular flexibility index (Phi) is 4.19. The van der Waals surface area contributed by atoms with Crippen LogP contribution in [0.1, 0.15) is 28.9 Å². The van der Waals surface area contributed by atoms with Gasteiger partial charge in [0.15, 0.2) is 0 Å². The molecule has 23 heavy (non-hydrogen) atoms. The Bertz CT molecular complexity index is 797. The molecule has 0 saturated carbocycles. The van der Waals surface area contributed by atoms with Crippen molar-refractivity contribution in [2.24, 2.45) is 0 Å². The van der Waals surface area contributed by atoms with Crippen LogP contribution in [-0.4, -0.2) is 15.7 Å². The van der Waals surface area contributed by atoms with Crippen molar-refractivity contribution in [2.45, 2.75) is 13.0 Å². The van der Waals surface area contributed by atoms with Gasteiger partial charge in [0.25, 0.3) is 5.91 Å². The predicted molar refractivity (Wildman–Crippen MR) is 85.8 cm³/mol. The summed E-state index contributed by atoms with van der Waals surface area (Å²) in [5.41, 5.74) is 2.19. The Hall–Kier alpha value is -2.95. The van der Waals surface area contributed by atoms with E-state index in [1.807, 2.05) is 37.3 Å². The molecule has 1 heterocycles. The standard InChI is InChI=1S/C18H16FN3O/c1-13(14-5-3-2-4-6-14)21-18(23)15-11-20-22(12-15)17-9-7-16(19)8-10-17/h2-13H,1H3,(H,21,23). The van der Waals surface area contributed by atoms with Crippen LogP contribution < -0.4 is 5.32 Å². The summed E-state index contributed by atoms with van der Waals surface area (Å²) in [6.45, 7) is 1.93. The maximum absolute atomic E-state index is 12.9. The van der Waals surface area contributed by atoms with Crippen LogP contribution in [0.25, 0.3) is 5.69 Å². The highest BCUT2D eigenvalue weighted by molar-refractivity contribution is 5.94. The molecule has 1 aromatic heterocycles.